The van der Waals surface area contributed by atoms with Crippen LogP contribution in [-0.4, -0.2) is 36.1 Å². The first-order chi connectivity index (χ1) is 14.8. The van der Waals surface area contributed by atoms with Crippen molar-refractivity contribution in [2.24, 2.45) is 17.6 Å². The van der Waals surface area contributed by atoms with Crippen molar-refractivity contribution in [3.05, 3.63) is 29.3 Å². The van der Waals surface area contributed by atoms with Gasteiger partial charge in [0, 0.05) is 0 Å². The first-order valence-electron chi connectivity index (χ1n) is 10.7. The average molecular weight is 462 g/mol. The molecule has 0 aromatic heterocycles. The summed E-state index contributed by atoms with van der Waals surface area (Å²) in [6.07, 6.45) is -1.90. The van der Waals surface area contributed by atoms with Gasteiger partial charge in [-0.3, -0.25) is 4.79 Å². The predicted molar refractivity (Wildman–Crippen MR) is 114 cm³/mol. The number of halogens is 3. The van der Waals surface area contributed by atoms with E-state index in [1.54, 1.807) is 0 Å². The van der Waals surface area contributed by atoms with Crippen molar-refractivity contribution in [2.75, 3.05) is 6.79 Å². The number of benzene rings is 1. The summed E-state index contributed by atoms with van der Waals surface area (Å²) in [5, 5.41) is 7.12. The lowest BCUT2D eigenvalue weighted by Crippen LogP contribution is -2.34. The number of hydrogen-bond acceptors (Lipinski definition) is 5. The molecule has 1 aliphatic rings. The Morgan fingerprint density at radius 1 is 1.12 bits per heavy atom. The van der Waals surface area contributed by atoms with Crippen molar-refractivity contribution in [1.29, 1.82) is 0 Å². The van der Waals surface area contributed by atoms with E-state index in [1.165, 1.54) is 18.4 Å². The molecule has 2 rings (SSSR count). The molecule has 3 N–H and O–H groups in total. The largest absolute Gasteiger partial charge is 0.490 e. The second-order valence-corrected chi connectivity index (χ2v) is 8.81. The van der Waals surface area contributed by atoms with E-state index in [0.717, 1.165) is 17.2 Å². The quantitative estimate of drug-likeness (QED) is 0.387. The summed E-state index contributed by atoms with van der Waals surface area (Å²) >= 11 is 0. The van der Waals surface area contributed by atoms with Crippen LogP contribution >= 0.6 is 0 Å². The van der Waals surface area contributed by atoms with Crippen LogP contribution in [0.15, 0.2) is 18.2 Å². The Bertz CT molecular complexity index is 760. The number of nitrogens with two attached hydrogens (primary N) is 1. The fourth-order valence-electron chi connectivity index (χ4n) is 3.26. The normalized spacial score (nSPS) is 15.6. The highest BCUT2D eigenvalue weighted by Crippen LogP contribution is 2.46. The number of alkyl halides is 3. The lowest BCUT2D eigenvalue weighted by Gasteiger charge is -2.22. The molecule has 1 aliphatic carbocycles. The zero-order valence-corrected chi connectivity index (χ0v) is 19.2. The number of rotatable bonds is 9. The molecule has 0 amide bonds. The summed E-state index contributed by atoms with van der Waals surface area (Å²) in [4.78, 5) is 20.9. The molecule has 0 unspecified atom stereocenters. The van der Waals surface area contributed by atoms with E-state index in [0.29, 0.717) is 24.2 Å². The molecule has 1 aromatic carbocycles. The Morgan fingerprint density at radius 3 is 2.09 bits per heavy atom. The van der Waals surface area contributed by atoms with E-state index in [9.17, 15) is 18.0 Å². The van der Waals surface area contributed by atoms with E-state index in [2.05, 4.69) is 39.0 Å². The number of ether oxygens (including phenoxy) is 2. The molecule has 1 saturated carbocycles. The van der Waals surface area contributed by atoms with Crippen LogP contribution < -0.4 is 10.5 Å². The highest BCUT2D eigenvalue weighted by atomic mass is 19.4. The van der Waals surface area contributed by atoms with E-state index in [1.807, 2.05) is 13.8 Å². The highest BCUT2D eigenvalue weighted by molar-refractivity contribution is 5.75. The number of carbonyl (C=O) groups is 2. The molecule has 0 heterocycles. The fourth-order valence-corrected chi connectivity index (χ4v) is 3.26. The van der Waals surface area contributed by atoms with Gasteiger partial charge in [0.05, 0.1) is 0 Å². The van der Waals surface area contributed by atoms with Gasteiger partial charge in [-0.25, -0.2) is 4.79 Å². The molecule has 1 fully saturated rings. The van der Waals surface area contributed by atoms with Crippen molar-refractivity contribution < 1.29 is 37.3 Å². The van der Waals surface area contributed by atoms with Crippen LogP contribution in [0.2, 0.25) is 0 Å². The molecular formula is C23H34F3NO5. The van der Waals surface area contributed by atoms with Gasteiger partial charge in [0.1, 0.15) is 11.8 Å². The van der Waals surface area contributed by atoms with Gasteiger partial charge in [0.15, 0.2) is 0 Å². The molecule has 0 spiro atoms. The van der Waals surface area contributed by atoms with Gasteiger partial charge in [-0.2, -0.15) is 13.2 Å². The summed E-state index contributed by atoms with van der Waals surface area (Å²) in [5.41, 5.74) is 8.25. The number of hydrogen-bond donors (Lipinski definition) is 2. The first-order valence-corrected chi connectivity index (χ1v) is 10.7. The van der Waals surface area contributed by atoms with Crippen LogP contribution in [0.3, 0.4) is 0 Å². The molecule has 1 aromatic rings. The highest BCUT2D eigenvalue weighted by Gasteiger charge is 2.38. The van der Waals surface area contributed by atoms with E-state index >= 15 is 0 Å². The minimum Gasteiger partial charge on any atom is -0.475 e. The Labute approximate surface area is 187 Å². The minimum absolute atomic E-state index is 0.0846. The van der Waals surface area contributed by atoms with Crippen LogP contribution in [0.25, 0.3) is 0 Å². The maximum atomic E-state index is 12.0. The van der Waals surface area contributed by atoms with Crippen LogP contribution in [0.4, 0.5) is 13.2 Å². The topological polar surface area (TPSA) is 98.9 Å². The molecule has 2 atom stereocenters. The van der Waals surface area contributed by atoms with E-state index < -0.39 is 24.2 Å². The van der Waals surface area contributed by atoms with Gasteiger partial charge in [-0.1, -0.05) is 52.8 Å². The zero-order chi connectivity index (χ0) is 24.6. The Morgan fingerprint density at radius 2 is 1.66 bits per heavy atom. The van der Waals surface area contributed by atoms with Gasteiger partial charge in [0.2, 0.25) is 6.79 Å². The Hall–Kier alpha value is -2.29. The number of carboxylic acids is 1. The zero-order valence-electron chi connectivity index (χ0n) is 19.2. The SMILES string of the molecule is CC(C)C[C@H](N)C(=O)OCOc1c(C(C)C)cccc1[C@H](C)C1CC1.O=C(O)C(F)(F)F. The molecular weight excluding hydrogens is 427 g/mol. The number of aliphatic carboxylic acids is 1. The van der Waals surface area contributed by atoms with Crippen molar-refractivity contribution >= 4 is 11.9 Å². The van der Waals surface area contributed by atoms with Gasteiger partial charge in [-0.05, 0) is 54.1 Å². The second-order valence-electron chi connectivity index (χ2n) is 8.81. The third-order valence-electron chi connectivity index (χ3n) is 5.19. The van der Waals surface area contributed by atoms with Crippen LogP contribution in [0.1, 0.15) is 76.8 Å². The maximum absolute atomic E-state index is 12.0. The summed E-state index contributed by atoms with van der Waals surface area (Å²) in [6, 6.07) is 5.74. The summed E-state index contributed by atoms with van der Waals surface area (Å²) in [7, 11) is 0. The molecule has 9 heteroatoms. The van der Waals surface area contributed by atoms with Crippen molar-refractivity contribution in [2.45, 2.75) is 77.9 Å². The van der Waals surface area contributed by atoms with Crippen molar-refractivity contribution in [3.63, 3.8) is 0 Å². The summed E-state index contributed by atoms with van der Waals surface area (Å²) in [5.74, 6) is -0.363. The Balaban J connectivity index is 0.000000633. The van der Waals surface area contributed by atoms with Crippen LogP contribution in [0.5, 0.6) is 5.75 Å². The van der Waals surface area contributed by atoms with Crippen molar-refractivity contribution in [1.82, 2.24) is 0 Å². The number of esters is 1. The maximum Gasteiger partial charge on any atom is 0.490 e. The first kappa shape index (κ1) is 27.7. The summed E-state index contributed by atoms with van der Waals surface area (Å²) in [6.45, 7) is 10.5. The Kier molecular flexibility index (Phi) is 10.5. The third kappa shape index (κ3) is 9.06. The molecule has 0 saturated heterocycles. The molecule has 0 radical (unpaired) electrons. The lowest BCUT2D eigenvalue weighted by molar-refractivity contribution is -0.192. The molecule has 32 heavy (non-hydrogen) atoms. The van der Waals surface area contributed by atoms with Crippen LogP contribution in [-0.2, 0) is 14.3 Å². The van der Waals surface area contributed by atoms with Gasteiger partial charge < -0.3 is 20.3 Å². The number of para-hydroxylation sites is 1. The molecule has 0 bridgehead atoms. The summed E-state index contributed by atoms with van der Waals surface area (Å²) < 4.78 is 43.0. The van der Waals surface area contributed by atoms with E-state index in [4.69, 9.17) is 25.1 Å². The standard InChI is InChI=1S/C21H33NO3.C2HF3O2/c1-13(2)11-19(22)21(23)25-12-24-20-17(14(3)4)7-6-8-18(20)15(5)16-9-10-16;3-2(4,5)1(6)7/h6-8,13-16,19H,9-12,22H2,1-5H3;(H,6,7)/t15-,19+;/m1./s1. The van der Waals surface area contributed by atoms with Gasteiger partial charge >= 0.3 is 18.1 Å². The second kappa shape index (κ2) is 12.1. The van der Waals surface area contributed by atoms with Gasteiger partial charge in [-0.15, -0.1) is 0 Å². The smallest absolute Gasteiger partial charge is 0.475 e. The fraction of sp³-hybridized carbons (Fsp3) is 0.652. The molecule has 0 aliphatic heterocycles. The predicted octanol–water partition coefficient (Wildman–Crippen LogP) is 5.21. The van der Waals surface area contributed by atoms with Crippen molar-refractivity contribution in [3.8, 4) is 5.75 Å². The van der Waals surface area contributed by atoms with Crippen LogP contribution in [0, 0.1) is 11.8 Å². The average Bonchev–Trinajstić information content (AvgIpc) is 3.51. The minimum atomic E-state index is -5.08. The number of carboxylic acid groups (broad SMARTS) is 1. The molecule has 182 valence electrons. The van der Waals surface area contributed by atoms with E-state index in [-0.39, 0.29) is 6.79 Å². The number of carbonyl (C=O) groups excluding carboxylic acids is 1. The van der Waals surface area contributed by atoms with Gasteiger partial charge in [0.25, 0.3) is 0 Å². The monoisotopic (exact) mass is 461 g/mol. The molecule has 6 nitrogen and oxygen atoms in total. The lowest BCUT2D eigenvalue weighted by atomic mass is 9.90. The third-order valence-corrected chi connectivity index (χ3v) is 5.19.